The summed E-state index contributed by atoms with van der Waals surface area (Å²) in [5.74, 6) is 1.10. The number of likely N-dealkylation sites (tertiary alicyclic amines) is 1. The Hall–Kier alpha value is -1.25. The number of allylic oxidation sites excluding steroid dienone is 2. The van der Waals surface area contributed by atoms with Gasteiger partial charge in [0, 0.05) is 13.0 Å². The highest BCUT2D eigenvalue weighted by molar-refractivity contribution is 5.77. The molecule has 0 aromatic carbocycles. The van der Waals surface area contributed by atoms with Crippen molar-refractivity contribution in [3.63, 3.8) is 0 Å². The number of nitrogens with zero attached hydrogens (tertiary/aromatic N) is 1. The molecule has 0 aromatic heterocycles. The molecule has 1 saturated heterocycles. The molecule has 3 nitrogen and oxygen atoms in total. The lowest BCUT2D eigenvalue weighted by Crippen LogP contribution is -2.43. The molecule has 3 heteroatoms. The van der Waals surface area contributed by atoms with Crippen molar-refractivity contribution >= 4 is 5.91 Å². The maximum atomic E-state index is 12.0. The van der Waals surface area contributed by atoms with Gasteiger partial charge in [-0.15, -0.1) is 0 Å². The Kier molecular flexibility index (Phi) is 3.32. The zero-order chi connectivity index (χ0) is 11.5. The fourth-order valence-electron chi connectivity index (χ4n) is 2.22. The van der Waals surface area contributed by atoms with Gasteiger partial charge >= 0.3 is 0 Å². The van der Waals surface area contributed by atoms with Crippen LogP contribution in [0.3, 0.4) is 0 Å². The van der Waals surface area contributed by atoms with Crippen LogP contribution in [0.15, 0.2) is 24.0 Å². The summed E-state index contributed by atoms with van der Waals surface area (Å²) in [6.45, 7) is 6.74. The van der Waals surface area contributed by atoms with Crippen molar-refractivity contribution in [1.82, 2.24) is 4.90 Å². The highest BCUT2D eigenvalue weighted by Crippen LogP contribution is 2.26. The lowest BCUT2D eigenvalue weighted by Gasteiger charge is -2.34. The molecular weight excluding hydrogens is 202 g/mol. The zero-order valence-corrected chi connectivity index (χ0v) is 9.87. The molecule has 1 unspecified atom stereocenters. The van der Waals surface area contributed by atoms with Crippen LogP contribution in [-0.2, 0) is 9.53 Å². The van der Waals surface area contributed by atoms with Crippen LogP contribution in [0.5, 0.6) is 0 Å². The maximum Gasteiger partial charge on any atom is 0.225 e. The molecule has 2 aliphatic rings. The average Bonchev–Trinajstić information content (AvgIpc) is 2.47. The fourth-order valence-corrected chi connectivity index (χ4v) is 2.22. The van der Waals surface area contributed by atoms with Crippen molar-refractivity contribution in [2.75, 3.05) is 6.54 Å². The number of hydrogen-bond acceptors (Lipinski definition) is 2. The predicted molar refractivity (Wildman–Crippen MR) is 62.6 cm³/mol. The first-order chi connectivity index (χ1) is 7.68. The van der Waals surface area contributed by atoms with E-state index in [1.165, 1.54) is 0 Å². The molecule has 0 radical (unpaired) electrons. The molecule has 0 N–H and O–H groups in total. The highest BCUT2D eigenvalue weighted by Gasteiger charge is 2.29. The van der Waals surface area contributed by atoms with E-state index < -0.39 is 0 Å². The second-order valence-corrected chi connectivity index (χ2v) is 4.55. The molecule has 2 rings (SSSR count). The molecule has 0 bridgehead atoms. The van der Waals surface area contributed by atoms with E-state index in [1.807, 2.05) is 17.9 Å². The van der Waals surface area contributed by atoms with E-state index in [2.05, 4.69) is 6.58 Å². The van der Waals surface area contributed by atoms with Gasteiger partial charge in [0.1, 0.15) is 0 Å². The number of ether oxygens (including phenoxy) is 1. The Labute approximate surface area is 96.8 Å². The van der Waals surface area contributed by atoms with Crippen LogP contribution in [0.1, 0.15) is 39.0 Å². The van der Waals surface area contributed by atoms with Gasteiger partial charge in [-0.05, 0) is 37.8 Å². The monoisotopic (exact) mass is 221 g/mol. The molecule has 2 aliphatic heterocycles. The lowest BCUT2D eigenvalue weighted by molar-refractivity contribution is -0.140. The van der Waals surface area contributed by atoms with E-state index in [9.17, 15) is 4.79 Å². The number of carbonyl (C=O) groups excluding carboxylic acids is 1. The van der Waals surface area contributed by atoms with Crippen molar-refractivity contribution < 1.29 is 9.53 Å². The smallest absolute Gasteiger partial charge is 0.225 e. The van der Waals surface area contributed by atoms with Crippen LogP contribution >= 0.6 is 0 Å². The van der Waals surface area contributed by atoms with Gasteiger partial charge in [-0.1, -0.05) is 13.0 Å². The first-order valence-corrected chi connectivity index (χ1v) is 5.99. The summed E-state index contributed by atoms with van der Waals surface area (Å²) in [4.78, 5) is 13.8. The summed E-state index contributed by atoms with van der Waals surface area (Å²) < 4.78 is 5.73. The lowest BCUT2D eigenvalue weighted by atomic mass is 10.1. The molecule has 0 saturated carbocycles. The van der Waals surface area contributed by atoms with Crippen LogP contribution in [0.2, 0.25) is 0 Å². The van der Waals surface area contributed by atoms with Crippen molar-refractivity contribution in [2.45, 2.75) is 45.3 Å². The fraction of sp³-hybridized carbons (Fsp3) is 0.615. The van der Waals surface area contributed by atoms with Crippen LogP contribution in [0.4, 0.5) is 0 Å². The summed E-state index contributed by atoms with van der Waals surface area (Å²) in [7, 11) is 0. The topological polar surface area (TPSA) is 29.5 Å². The number of carbonyl (C=O) groups is 1. The molecule has 16 heavy (non-hydrogen) atoms. The third-order valence-corrected chi connectivity index (χ3v) is 3.19. The minimum atomic E-state index is -0.226. The van der Waals surface area contributed by atoms with E-state index >= 15 is 0 Å². The average molecular weight is 221 g/mol. The Morgan fingerprint density at radius 3 is 3.06 bits per heavy atom. The molecule has 88 valence electrons. The third-order valence-electron chi connectivity index (χ3n) is 3.19. The zero-order valence-electron chi connectivity index (χ0n) is 9.87. The third kappa shape index (κ3) is 2.29. The normalized spacial score (nSPS) is 27.2. The molecule has 0 spiro atoms. The summed E-state index contributed by atoms with van der Waals surface area (Å²) in [6, 6.07) is 0. The molecule has 1 amide bonds. The first-order valence-electron chi connectivity index (χ1n) is 5.99. The molecule has 1 atom stereocenters. The van der Waals surface area contributed by atoms with Crippen LogP contribution in [0, 0.1) is 0 Å². The van der Waals surface area contributed by atoms with E-state index in [4.69, 9.17) is 4.74 Å². The summed E-state index contributed by atoms with van der Waals surface area (Å²) >= 11 is 0. The predicted octanol–water partition coefficient (Wildman–Crippen LogP) is 2.60. The SMILES string of the molecule is C=C1CC=C(C)OC1N1CCCCCC1=O. The van der Waals surface area contributed by atoms with Gasteiger partial charge in [0.15, 0.2) is 6.23 Å². The van der Waals surface area contributed by atoms with E-state index in [0.29, 0.717) is 6.42 Å². The van der Waals surface area contributed by atoms with Gasteiger partial charge in [-0.2, -0.15) is 0 Å². The van der Waals surface area contributed by atoms with Gasteiger partial charge in [-0.25, -0.2) is 0 Å². The van der Waals surface area contributed by atoms with Crippen molar-refractivity contribution in [3.8, 4) is 0 Å². The van der Waals surface area contributed by atoms with Gasteiger partial charge in [0.05, 0.1) is 5.76 Å². The standard InChI is InChI=1S/C13H19NO2/c1-10-7-8-11(2)16-13(10)14-9-5-3-4-6-12(14)15/h8,13H,1,3-7,9H2,2H3. The molecule has 2 heterocycles. The minimum Gasteiger partial charge on any atom is -0.472 e. The largest absolute Gasteiger partial charge is 0.472 e. The first kappa shape index (κ1) is 11.2. The Morgan fingerprint density at radius 2 is 2.25 bits per heavy atom. The molecule has 0 aliphatic carbocycles. The van der Waals surface area contributed by atoms with Gasteiger partial charge in [0.2, 0.25) is 5.91 Å². The summed E-state index contributed by atoms with van der Waals surface area (Å²) in [5.41, 5.74) is 0.987. The number of hydrogen-bond donors (Lipinski definition) is 0. The van der Waals surface area contributed by atoms with Gasteiger partial charge in [-0.3, -0.25) is 4.79 Å². The second kappa shape index (κ2) is 4.73. The number of rotatable bonds is 1. The van der Waals surface area contributed by atoms with Crippen LogP contribution in [-0.4, -0.2) is 23.6 Å². The Morgan fingerprint density at radius 1 is 1.44 bits per heavy atom. The van der Waals surface area contributed by atoms with Gasteiger partial charge < -0.3 is 9.64 Å². The van der Waals surface area contributed by atoms with Crippen LogP contribution < -0.4 is 0 Å². The second-order valence-electron chi connectivity index (χ2n) is 4.55. The highest BCUT2D eigenvalue weighted by atomic mass is 16.5. The molecule has 0 aromatic rings. The summed E-state index contributed by atoms with van der Waals surface area (Å²) in [5, 5.41) is 0. The molecular formula is C13H19NO2. The summed E-state index contributed by atoms with van der Waals surface area (Å²) in [6.07, 6.45) is 6.47. The van der Waals surface area contributed by atoms with E-state index in [0.717, 1.165) is 43.6 Å². The molecule has 1 fully saturated rings. The minimum absolute atomic E-state index is 0.207. The van der Waals surface area contributed by atoms with E-state index in [-0.39, 0.29) is 12.1 Å². The van der Waals surface area contributed by atoms with Crippen LogP contribution in [0.25, 0.3) is 0 Å². The Balaban J connectivity index is 2.12. The van der Waals surface area contributed by atoms with Gasteiger partial charge in [0.25, 0.3) is 0 Å². The Bertz CT molecular complexity index is 333. The maximum absolute atomic E-state index is 12.0. The van der Waals surface area contributed by atoms with Crippen molar-refractivity contribution in [1.29, 1.82) is 0 Å². The van der Waals surface area contributed by atoms with Crippen molar-refractivity contribution in [3.05, 3.63) is 24.0 Å². The van der Waals surface area contributed by atoms with E-state index in [1.54, 1.807) is 0 Å². The number of amides is 1. The quantitative estimate of drug-likeness (QED) is 0.637. The van der Waals surface area contributed by atoms with Crippen molar-refractivity contribution in [2.24, 2.45) is 0 Å².